The molecule has 0 amide bonds. The van der Waals surface area contributed by atoms with E-state index >= 15 is 0 Å². The van der Waals surface area contributed by atoms with Crippen molar-refractivity contribution in [2.45, 2.75) is 26.3 Å². The fraction of sp³-hybridized carbons (Fsp3) is 0.385. The van der Waals surface area contributed by atoms with Crippen LogP contribution in [0.1, 0.15) is 31.9 Å². The molecule has 0 spiro atoms. The number of hydrogen-bond acceptors (Lipinski definition) is 3. The highest BCUT2D eigenvalue weighted by atomic mass is 79.9. The summed E-state index contributed by atoms with van der Waals surface area (Å²) in [6.07, 6.45) is 6.68. The summed E-state index contributed by atoms with van der Waals surface area (Å²) in [5, 5.41) is 7.64. The van der Waals surface area contributed by atoms with E-state index in [1.807, 2.05) is 18.5 Å². The average molecular weight is 309 g/mol. The van der Waals surface area contributed by atoms with Gasteiger partial charge in [0.1, 0.15) is 0 Å². The van der Waals surface area contributed by atoms with Gasteiger partial charge in [0, 0.05) is 18.4 Å². The molecule has 1 N–H and O–H groups in total. The average Bonchev–Trinajstić information content (AvgIpc) is 2.83. The van der Waals surface area contributed by atoms with Crippen LogP contribution in [0.4, 0.5) is 0 Å². The Morgan fingerprint density at radius 2 is 2.22 bits per heavy atom. The zero-order chi connectivity index (χ0) is 13.0. The van der Waals surface area contributed by atoms with E-state index < -0.39 is 0 Å². The third-order valence-electron chi connectivity index (χ3n) is 2.76. The first-order chi connectivity index (χ1) is 8.70. The number of aromatic nitrogens is 3. The van der Waals surface area contributed by atoms with Gasteiger partial charge in [-0.05, 0) is 47.4 Å². The molecule has 0 bridgehead atoms. The Morgan fingerprint density at radius 3 is 2.78 bits per heavy atom. The first kappa shape index (κ1) is 13.2. The van der Waals surface area contributed by atoms with Gasteiger partial charge in [-0.25, -0.2) is 9.67 Å². The second-order valence-electron chi connectivity index (χ2n) is 4.23. The number of pyridine rings is 1. The van der Waals surface area contributed by atoms with Crippen LogP contribution in [0.5, 0.6) is 0 Å². The van der Waals surface area contributed by atoms with E-state index in [-0.39, 0.29) is 0 Å². The van der Waals surface area contributed by atoms with Gasteiger partial charge in [0.15, 0.2) is 5.82 Å². The molecule has 0 aliphatic carbocycles. The summed E-state index contributed by atoms with van der Waals surface area (Å²) in [6.45, 7) is 5.34. The molecule has 0 saturated carbocycles. The van der Waals surface area contributed by atoms with Gasteiger partial charge in [0.05, 0.1) is 10.7 Å². The van der Waals surface area contributed by atoms with Crippen molar-refractivity contribution in [2.24, 2.45) is 0 Å². The SMILES string of the molecule is CCCNC(C)c1ccc(-n2cc(Br)cn2)nc1. The number of nitrogens with zero attached hydrogens (tertiary/aromatic N) is 3. The van der Waals surface area contributed by atoms with E-state index in [1.165, 1.54) is 5.56 Å². The fourth-order valence-electron chi connectivity index (χ4n) is 1.69. The van der Waals surface area contributed by atoms with E-state index in [0.29, 0.717) is 6.04 Å². The molecule has 0 aromatic carbocycles. The van der Waals surface area contributed by atoms with Gasteiger partial charge in [-0.15, -0.1) is 0 Å². The lowest BCUT2D eigenvalue weighted by Gasteiger charge is -2.13. The minimum Gasteiger partial charge on any atom is -0.310 e. The molecule has 1 unspecified atom stereocenters. The maximum Gasteiger partial charge on any atom is 0.153 e. The van der Waals surface area contributed by atoms with E-state index in [9.17, 15) is 0 Å². The van der Waals surface area contributed by atoms with Gasteiger partial charge >= 0.3 is 0 Å². The van der Waals surface area contributed by atoms with Crippen LogP contribution in [0.25, 0.3) is 5.82 Å². The van der Waals surface area contributed by atoms with Crippen molar-refractivity contribution in [3.63, 3.8) is 0 Å². The van der Waals surface area contributed by atoms with Crippen molar-refractivity contribution in [1.29, 1.82) is 0 Å². The zero-order valence-corrected chi connectivity index (χ0v) is 12.2. The number of rotatable bonds is 5. The number of nitrogens with one attached hydrogen (secondary N) is 1. The summed E-state index contributed by atoms with van der Waals surface area (Å²) < 4.78 is 2.70. The fourth-order valence-corrected chi connectivity index (χ4v) is 1.98. The highest BCUT2D eigenvalue weighted by Gasteiger charge is 2.05. The molecule has 2 rings (SSSR count). The molecule has 2 heterocycles. The van der Waals surface area contributed by atoms with Crippen LogP contribution in [0, 0.1) is 0 Å². The molecule has 0 fully saturated rings. The zero-order valence-electron chi connectivity index (χ0n) is 10.6. The lowest BCUT2D eigenvalue weighted by atomic mass is 10.1. The highest BCUT2D eigenvalue weighted by Crippen LogP contribution is 2.14. The van der Waals surface area contributed by atoms with E-state index in [4.69, 9.17) is 0 Å². The minimum absolute atomic E-state index is 0.329. The van der Waals surface area contributed by atoms with Gasteiger partial charge < -0.3 is 5.32 Å². The maximum absolute atomic E-state index is 4.43. The van der Waals surface area contributed by atoms with Crippen molar-refractivity contribution in [3.05, 3.63) is 40.8 Å². The Bertz CT molecular complexity index is 492. The number of hydrogen-bond donors (Lipinski definition) is 1. The third-order valence-corrected chi connectivity index (χ3v) is 3.17. The van der Waals surface area contributed by atoms with Crippen LogP contribution in [0.15, 0.2) is 35.2 Å². The molecule has 0 aliphatic rings. The van der Waals surface area contributed by atoms with E-state index in [2.05, 4.69) is 51.2 Å². The summed E-state index contributed by atoms with van der Waals surface area (Å²) in [4.78, 5) is 4.43. The predicted molar refractivity (Wildman–Crippen MR) is 75.8 cm³/mol. The van der Waals surface area contributed by atoms with Crippen molar-refractivity contribution in [1.82, 2.24) is 20.1 Å². The molecule has 18 heavy (non-hydrogen) atoms. The minimum atomic E-state index is 0.329. The Morgan fingerprint density at radius 1 is 1.39 bits per heavy atom. The standard InChI is InChI=1S/C13H17BrN4/c1-3-6-15-10(2)11-4-5-13(16-7-11)18-9-12(14)8-17-18/h4-5,7-10,15H,3,6H2,1-2H3. The monoisotopic (exact) mass is 308 g/mol. The lowest BCUT2D eigenvalue weighted by Crippen LogP contribution is -2.19. The molecule has 1 atom stereocenters. The summed E-state index contributed by atoms with van der Waals surface area (Å²) in [5.41, 5.74) is 1.19. The number of halogens is 1. The van der Waals surface area contributed by atoms with Crippen LogP contribution < -0.4 is 5.32 Å². The first-order valence-electron chi connectivity index (χ1n) is 6.10. The molecular formula is C13H17BrN4. The second-order valence-corrected chi connectivity index (χ2v) is 5.14. The Labute approximate surface area is 116 Å². The Hall–Kier alpha value is -1.20. The molecule has 2 aromatic heterocycles. The Balaban J connectivity index is 2.10. The first-order valence-corrected chi connectivity index (χ1v) is 6.90. The largest absolute Gasteiger partial charge is 0.310 e. The quantitative estimate of drug-likeness (QED) is 0.923. The predicted octanol–water partition coefficient (Wildman–Crippen LogP) is 3.09. The molecule has 5 heteroatoms. The summed E-state index contributed by atoms with van der Waals surface area (Å²) in [5.74, 6) is 0.826. The van der Waals surface area contributed by atoms with Crippen molar-refractivity contribution in [2.75, 3.05) is 6.54 Å². The summed E-state index contributed by atoms with van der Waals surface area (Å²) in [7, 11) is 0. The summed E-state index contributed by atoms with van der Waals surface area (Å²) in [6, 6.07) is 4.40. The van der Waals surface area contributed by atoms with Crippen molar-refractivity contribution >= 4 is 15.9 Å². The smallest absolute Gasteiger partial charge is 0.153 e. The topological polar surface area (TPSA) is 42.7 Å². The van der Waals surface area contributed by atoms with E-state index in [0.717, 1.165) is 23.3 Å². The molecular weight excluding hydrogens is 292 g/mol. The molecule has 4 nitrogen and oxygen atoms in total. The van der Waals surface area contributed by atoms with Crippen LogP contribution in [0.3, 0.4) is 0 Å². The molecule has 2 aromatic rings. The molecule has 0 aliphatic heterocycles. The van der Waals surface area contributed by atoms with Crippen LogP contribution in [0.2, 0.25) is 0 Å². The van der Waals surface area contributed by atoms with Gasteiger partial charge in [-0.2, -0.15) is 5.10 Å². The van der Waals surface area contributed by atoms with Crippen molar-refractivity contribution < 1.29 is 0 Å². The van der Waals surface area contributed by atoms with Gasteiger partial charge in [-0.3, -0.25) is 0 Å². The molecule has 0 radical (unpaired) electrons. The van der Waals surface area contributed by atoms with Gasteiger partial charge in [0.2, 0.25) is 0 Å². The van der Waals surface area contributed by atoms with Crippen LogP contribution in [-0.4, -0.2) is 21.3 Å². The van der Waals surface area contributed by atoms with Gasteiger partial charge in [0.25, 0.3) is 0 Å². The van der Waals surface area contributed by atoms with Crippen LogP contribution in [-0.2, 0) is 0 Å². The van der Waals surface area contributed by atoms with Crippen molar-refractivity contribution in [3.8, 4) is 5.82 Å². The third kappa shape index (κ3) is 3.17. The highest BCUT2D eigenvalue weighted by molar-refractivity contribution is 9.10. The maximum atomic E-state index is 4.43. The van der Waals surface area contributed by atoms with Gasteiger partial charge in [-0.1, -0.05) is 13.0 Å². The normalized spacial score (nSPS) is 12.6. The Kier molecular flexibility index (Phi) is 4.49. The van der Waals surface area contributed by atoms with Crippen LogP contribution >= 0.6 is 15.9 Å². The second kappa shape index (κ2) is 6.11. The summed E-state index contributed by atoms with van der Waals surface area (Å²) >= 11 is 3.37. The van der Waals surface area contributed by atoms with E-state index in [1.54, 1.807) is 10.9 Å². The lowest BCUT2D eigenvalue weighted by molar-refractivity contribution is 0.569. The molecule has 96 valence electrons. The molecule has 0 saturated heterocycles.